The third-order valence-corrected chi connectivity index (χ3v) is 6.62. The zero-order valence-electron chi connectivity index (χ0n) is 16.7. The van der Waals surface area contributed by atoms with E-state index in [1.165, 1.54) is 17.4 Å². The Kier molecular flexibility index (Phi) is 5.78. The molecule has 5 nitrogen and oxygen atoms in total. The molecule has 0 spiro atoms. The third kappa shape index (κ3) is 4.26. The Morgan fingerprint density at radius 2 is 2.00 bits per heavy atom. The standard InChI is InChI=1S/C22H25FN4OS/c1-15(14-26-10-12-27(13-11-26)19-8-3-4-9-24-19)25-22(28)21-16(2)20-17(23)6-5-7-18(20)29-21/h3-9,15H,10-14H2,1-2H3,(H,25,28). The van der Waals surface area contributed by atoms with Gasteiger partial charge >= 0.3 is 0 Å². The number of aryl methyl sites for hydroxylation is 1. The third-order valence-electron chi connectivity index (χ3n) is 5.36. The SMILES string of the molecule is Cc1c(C(=O)NC(C)CN2CCN(c3ccccn3)CC2)sc2cccc(F)c12. The number of pyridine rings is 1. The van der Waals surface area contributed by atoms with E-state index in [0.717, 1.165) is 48.8 Å². The van der Waals surface area contributed by atoms with Gasteiger partial charge < -0.3 is 10.2 Å². The van der Waals surface area contributed by atoms with Crippen LogP contribution in [0.1, 0.15) is 22.2 Å². The Morgan fingerprint density at radius 3 is 2.69 bits per heavy atom. The molecule has 1 aromatic carbocycles. The maximum atomic E-state index is 14.1. The first-order chi connectivity index (χ1) is 14.0. The number of carbonyl (C=O) groups is 1. The number of aromatic nitrogens is 1. The van der Waals surface area contributed by atoms with Crippen LogP contribution >= 0.6 is 11.3 Å². The van der Waals surface area contributed by atoms with Crippen molar-refractivity contribution in [1.82, 2.24) is 15.2 Å². The molecule has 1 aliphatic heterocycles. The summed E-state index contributed by atoms with van der Waals surface area (Å²) < 4.78 is 14.9. The van der Waals surface area contributed by atoms with Gasteiger partial charge in [-0.3, -0.25) is 9.69 Å². The molecule has 3 aromatic rings. The molecule has 1 unspecified atom stereocenters. The van der Waals surface area contributed by atoms with Crippen LogP contribution in [0.25, 0.3) is 10.1 Å². The molecule has 1 N–H and O–H groups in total. The molecule has 4 rings (SSSR count). The van der Waals surface area contributed by atoms with Crippen molar-refractivity contribution < 1.29 is 9.18 Å². The number of halogens is 1. The van der Waals surface area contributed by atoms with Gasteiger partial charge in [0.1, 0.15) is 11.6 Å². The molecule has 1 atom stereocenters. The van der Waals surface area contributed by atoms with Gasteiger partial charge in [0, 0.05) is 55.0 Å². The Labute approximate surface area is 174 Å². The number of anilines is 1. The highest BCUT2D eigenvalue weighted by Gasteiger charge is 2.22. The van der Waals surface area contributed by atoms with Crippen LogP contribution < -0.4 is 10.2 Å². The summed E-state index contributed by atoms with van der Waals surface area (Å²) in [6.07, 6.45) is 1.82. The molecule has 0 radical (unpaired) electrons. The van der Waals surface area contributed by atoms with Crippen molar-refractivity contribution in [3.8, 4) is 0 Å². The summed E-state index contributed by atoms with van der Waals surface area (Å²) in [4.78, 5) is 22.4. The minimum Gasteiger partial charge on any atom is -0.354 e. The van der Waals surface area contributed by atoms with Crippen molar-refractivity contribution >= 4 is 33.1 Å². The number of hydrogen-bond acceptors (Lipinski definition) is 5. The van der Waals surface area contributed by atoms with Gasteiger partial charge in [0.2, 0.25) is 0 Å². The van der Waals surface area contributed by atoms with Crippen LogP contribution in [0, 0.1) is 12.7 Å². The van der Waals surface area contributed by atoms with Crippen molar-refractivity contribution in [3.05, 3.63) is 58.9 Å². The maximum Gasteiger partial charge on any atom is 0.261 e. The predicted octanol–water partition coefficient (Wildman–Crippen LogP) is 3.68. The van der Waals surface area contributed by atoms with E-state index in [1.54, 1.807) is 6.07 Å². The molecule has 1 aliphatic rings. The second-order valence-electron chi connectivity index (χ2n) is 7.52. The summed E-state index contributed by atoms with van der Waals surface area (Å²) in [7, 11) is 0. The maximum absolute atomic E-state index is 14.1. The molecule has 0 bridgehead atoms. The molecule has 0 saturated carbocycles. The molecule has 1 amide bonds. The predicted molar refractivity (Wildman–Crippen MR) is 116 cm³/mol. The number of fused-ring (bicyclic) bond motifs is 1. The smallest absolute Gasteiger partial charge is 0.261 e. The first-order valence-electron chi connectivity index (χ1n) is 9.89. The minimum atomic E-state index is -0.269. The number of amides is 1. The van der Waals surface area contributed by atoms with E-state index >= 15 is 0 Å². The molecule has 7 heteroatoms. The summed E-state index contributed by atoms with van der Waals surface area (Å²) in [5.41, 5.74) is 0.719. The molecule has 29 heavy (non-hydrogen) atoms. The van der Waals surface area contributed by atoms with E-state index in [-0.39, 0.29) is 17.8 Å². The molecule has 1 saturated heterocycles. The first kappa shape index (κ1) is 19.8. The molecule has 3 heterocycles. The molecular formula is C22H25FN4OS. The van der Waals surface area contributed by atoms with Gasteiger partial charge in [-0.25, -0.2) is 9.37 Å². The Morgan fingerprint density at radius 1 is 1.21 bits per heavy atom. The lowest BCUT2D eigenvalue weighted by atomic mass is 10.1. The lowest BCUT2D eigenvalue weighted by Crippen LogP contribution is -2.51. The van der Waals surface area contributed by atoms with Crippen LogP contribution in [0.5, 0.6) is 0 Å². The minimum absolute atomic E-state index is 0.0124. The van der Waals surface area contributed by atoms with Crippen molar-refractivity contribution in [2.24, 2.45) is 0 Å². The van der Waals surface area contributed by atoms with Crippen LogP contribution in [0.3, 0.4) is 0 Å². The topological polar surface area (TPSA) is 48.5 Å². The quantitative estimate of drug-likeness (QED) is 0.695. The zero-order chi connectivity index (χ0) is 20.4. The number of nitrogens with one attached hydrogen (secondary N) is 1. The molecule has 1 fully saturated rings. The normalized spacial score (nSPS) is 16.2. The number of nitrogens with zero attached hydrogens (tertiary/aromatic N) is 3. The fourth-order valence-electron chi connectivity index (χ4n) is 3.89. The summed E-state index contributed by atoms with van der Waals surface area (Å²) in [6.45, 7) is 8.34. The van der Waals surface area contributed by atoms with Crippen LogP contribution in [-0.2, 0) is 0 Å². The van der Waals surface area contributed by atoms with Crippen LogP contribution in [0.2, 0.25) is 0 Å². The summed E-state index contributed by atoms with van der Waals surface area (Å²) in [6, 6.07) is 11.0. The number of benzene rings is 1. The highest BCUT2D eigenvalue weighted by molar-refractivity contribution is 7.21. The van der Waals surface area contributed by atoms with E-state index in [9.17, 15) is 9.18 Å². The van der Waals surface area contributed by atoms with Crippen LogP contribution in [-0.4, -0.2) is 54.6 Å². The lowest BCUT2D eigenvalue weighted by molar-refractivity contribution is 0.0931. The van der Waals surface area contributed by atoms with Crippen LogP contribution in [0.4, 0.5) is 10.2 Å². The molecule has 2 aromatic heterocycles. The van der Waals surface area contributed by atoms with Crippen molar-refractivity contribution in [2.75, 3.05) is 37.6 Å². The Balaban J connectivity index is 1.33. The molecule has 0 aliphatic carbocycles. The van der Waals surface area contributed by atoms with Gasteiger partial charge in [-0.2, -0.15) is 0 Å². The number of carbonyl (C=O) groups excluding carboxylic acids is 1. The first-order valence-corrected chi connectivity index (χ1v) is 10.7. The lowest BCUT2D eigenvalue weighted by Gasteiger charge is -2.36. The summed E-state index contributed by atoms with van der Waals surface area (Å²) >= 11 is 1.35. The van der Waals surface area contributed by atoms with Gasteiger partial charge in [-0.1, -0.05) is 12.1 Å². The van der Waals surface area contributed by atoms with Gasteiger partial charge in [-0.05, 0) is 43.7 Å². The van der Waals surface area contributed by atoms with E-state index in [1.807, 2.05) is 44.3 Å². The molecular weight excluding hydrogens is 387 g/mol. The van der Waals surface area contributed by atoms with E-state index < -0.39 is 0 Å². The summed E-state index contributed by atoms with van der Waals surface area (Å²) in [5.74, 6) is 0.623. The largest absolute Gasteiger partial charge is 0.354 e. The highest BCUT2D eigenvalue weighted by atomic mass is 32.1. The van der Waals surface area contributed by atoms with E-state index in [0.29, 0.717) is 10.3 Å². The van der Waals surface area contributed by atoms with Crippen LogP contribution in [0.15, 0.2) is 42.6 Å². The number of hydrogen-bond donors (Lipinski definition) is 1. The molecule has 152 valence electrons. The fraction of sp³-hybridized carbons (Fsp3) is 0.364. The monoisotopic (exact) mass is 412 g/mol. The number of thiophene rings is 1. The van der Waals surface area contributed by atoms with Crippen molar-refractivity contribution in [3.63, 3.8) is 0 Å². The summed E-state index contributed by atoms with van der Waals surface area (Å²) in [5, 5.41) is 3.65. The van der Waals surface area contributed by atoms with Gasteiger partial charge in [0.15, 0.2) is 0 Å². The average molecular weight is 413 g/mol. The van der Waals surface area contributed by atoms with Gasteiger partial charge in [0.25, 0.3) is 5.91 Å². The Bertz CT molecular complexity index is 999. The van der Waals surface area contributed by atoms with Gasteiger partial charge in [0.05, 0.1) is 4.88 Å². The van der Waals surface area contributed by atoms with Crippen molar-refractivity contribution in [2.45, 2.75) is 19.9 Å². The average Bonchev–Trinajstić information content (AvgIpc) is 3.07. The van der Waals surface area contributed by atoms with Gasteiger partial charge in [-0.15, -0.1) is 11.3 Å². The Hall–Kier alpha value is -2.51. The number of piperazine rings is 1. The number of rotatable bonds is 5. The second-order valence-corrected chi connectivity index (χ2v) is 8.57. The van der Waals surface area contributed by atoms with Crippen molar-refractivity contribution in [1.29, 1.82) is 0 Å². The second kappa shape index (κ2) is 8.47. The zero-order valence-corrected chi connectivity index (χ0v) is 17.5. The van der Waals surface area contributed by atoms with E-state index in [2.05, 4.69) is 20.1 Å². The van der Waals surface area contributed by atoms with E-state index in [4.69, 9.17) is 0 Å². The highest BCUT2D eigenvalue weighted by Crippen LogP contribution is 2.32. The fourth-order valence-corrected chi connectivity index (χ4v) is 5.02.